The fraction of sp³-hybridized carbons (Fsp3) is 0.647. The van der Waals surface area contributed by atoms with Crippen LogP contribution in [0.15, 0.2) is 12.1 Å². The molecule has 1 aromatic carbocycles. The molecule has 1 unspecified atom stereocenters. The number of hydrogen-bond donors (Lipinski definition) is 1. The van der Waals surface area contributed by atoms with Crippen molar-refractivity contribution in [2.24, 2.45) is 5.92 Å². The van der Waals surface area contributed by atoms with E-state index in [2.05, 4.69) is 57.0 Å². The SMILES string of the molecule is CNC(CC1CCSCC1)c1cc(C)c(C)cc1C. The lowest BCUT2D eigenvalue weighted by Gasteiger charge is -2.27. The van der Waals surface area contributed by atoms with Gasteiger partial charge in [-0.1, -0.05) is 12.1 Å². The average Bonchev–Trinajstić information content (AvgIpc) is 2.42. The molecule has 0 bridgehead atoms. The van der Waals surface area contributed by atoms with Gasteiger partial charge in [0.1, 0.15) is 0 Å². The molecular weight excluding hydrogens is 250 g/mol. The van der Waals surface area contributed by atoms with Crippen molar-refractivity contribution >= 4 is 11.8 Å². The summed E-state index contributed by atoms with van der Waals surface area (Å²) in [6.45, 7) is 6.68. The highest BCUT2D eigenvalue weighted by Gasteiger charge is 2.20. The normalized spacial score (nSPS) is 18.5. The molecule has 0 aromatic heterocycles. The Kier molecular flexibility index (Phi) is 5.35. The summed E-state index contributed by atoms with van der Waals surface area (Å²) >= 11 is 2.12. The Morgan fingerprint density at radius 1 is 1.11 bits per heavy atom. The largest absolute Gasteiger partial charge is 0.313 e. The molecule has 1 fully saturated rings. The van der Waals surface area contributed by atoms with Crippen molar-refractivity contribution in [2.45, 2.75) is 46.1 Å². The molecule has 1 heterocycles. The van der Waals surface area contributed by atoms with Gasteiger partial charge in [-0.25, -0.2) is 0 Å². The quantitative estimate of drug-likeness (QED) is 0.875. The summed E-state index contributed by atoms with van der Waals surface area (Å²) in [7, 11) is 2.11. The maximum absolute atomic E-state index is 3.55. The standard InChI is InChI=1S/C17H27NS/c1-12-9-14(3)16(10-13(12)2)17(18-4)11-15-5-7-19-8-6-15/h9-10,15,17-18H,5-8,11H2,1-4H3. The zero-order valence-electron chi connectivity index (χ0n) is 12.8. The number of aryl methyl sites for hydroxylation is 3. The van der Waals surface area contributed by atoms with Crippen molar-refractivity contribution in [2.75, 3.05) is 18.6 Å². The summed E-state index contributed by atoms with van der Waals surface area (Å²) < 4.78 is 0. The van der Waals surface area contributed by atoms with Crippen LogP contribution in [0.25, 0.3) is 0 Å². The Bertz CT molecular complexity index is 422. The lowest BCUT2D eigenvalue weighted by molar-refractivity contribution is 0.383. The Morgan fingerprint density at radius 2 is 1.74 bits per heavy atom. The number of nitrogens with one attached hydrogen (secondary N) is 1. The molecule has 0 aliphatic carbocycles. The maximum Gasteiger partial charge on any atom is 0.0322 e. The monoisotopic (exact) mass is 277 g/mol. The molecule has 0 amide bonds. The van der Waals surface area contributed by atoms with Crippen LogP contribution < -0.4 is 5.32 Å². The first-order valence-corrected chi connectivity index (χ1v) is 8.60. The van der Waals surface area contributed by atoms with E-state index in [0.29, 0.717) is 6.04 Å². The third kappa shape index (κ3) is 3.76. The summed E-state index contributed by atoms with van der Waals surface area (Å²) in [5, 5.41) is 3.55. The van der Waals surface area contributed by atoms with Gasteiger partial charge >= 0.3 is 0 Å². The van der Waals surface area contributed by atoms with E-state index in [1.807, 2.05) is 0 Å². The van der Waals surface area contributed by atoms with Crippen LogP contribution in [-0.2, 0) is 0 Å². The Labute approximate surface area is 122 Å². The van der Waals surface area contributed by atoms with Crippen LogP contribution in [0.1, 0.15) is 47.6 Å². The van der Waals surface area contributed by atoms with Gasteiger partial charge in [0.2, 0.25) is 0 Å². The number of rotatable bonds is 4. The van der Waals surface area contributed by atoms with Gasteiger partial charge in [-0.15, -0.1) is 0 Å². The molecule has 2 heteroatoms. The van der Waals surface area contributed by atoms with Crippen LogP contribution in [0.2, 0.25) is 0 Å². The zero-order chi connectivity index (χ0) is 13.8. The molecule has 1 nitrogen and oxygen atoms in total. The molecule has 1 atom stereocenters. The third-order valence-electron chi connectivity index (χ3n) is 4.52. The van der Waals surface area contributed by atoms with E-state index in [-0.39, 0.29) is 0 Å². The molecule has 1 aliphatic rings. The molecule has 2 rings (SSSR count). The summed E-state index contributed by atoms with van der Waals surface area (Å²) in [5.74, 6) is 3.61. The van der Waals surface area contributed by atoms with Crippen LogP contribution >= 0.6 is 11.8 Å². The van der Waals surface area contributed by atoms with E-state index in [1.165, 1.54) is 53.0 Å². The van der Waals surface area contributed by atoms with Crippen LogP contribution in [0.5, 0.6) is 0 Å². The van der Waals surface area contributed by atoms with Gasteiger partial charge in [-0.05, 0) is 86.8 Å². The second-order valence-corrected chi connectivity index (χ2v) is 7.15. The lowest BCUT2D eigenvalue weighted by Crippen LogP contribution is -2.23. The third-order valence-corrected chi connectivity index (χ3v) is 5.56. The van der Waals surface area contributed by atoms with E-state index in [4.69, 9.17) is 0 Å². The van der Waals surface area contributed by atoms with Gasteiger partial charge < -0.3 is 5.32 Å². The highest BCUT2D eigenvalue weighted by Crippen LogP contribution is 2.32. The number of thioether (sulfide) groups is 1. The van der Waals surface area contributed by atoms with Crippen molar-refractivity contribution in [3.05, 3.63) is 34.4 Å². The molecule has 1 aliphatic heterocycles. The summed E-state index contributed by atoms with van der Waals surface area (Å²) in [4.78, 5) is 0. The minimum absolute atomic E-state index is 0.521. The van der Waals surface area contributed by atoms with Gasteiger partial charge in [-0.3, -0.25) is 0 Å². The van der Waals surface area contributed by atoms with Gasteiger partial charge in [0.15, 0.2) is 0 Å². The predicted octanol–water partition coefficient (Wildman–Crippen LogP) is 4.41. The summed E-state index contributed by atoms with van der Waals surface area (Å²) in [6.07, 6.45) is 4.08. The molecule has 1 N–H and O–H groups in total. The summed E-state index contributed by atoms with van der Waals surface area (Å²) in [6, 6.07) is 5.25. The first-order valence-electron chi connectivity index (χ1n) is 7.44. The van der Waals surface area contributed by atoms with Crippen molar-refractivity contribution < 1.29 is 0 Å². The molecule has 0 saturated carbocycles. The highest BCUT2D eigenvalue weighted by atomic mass is 32.2. The van der Waals surface area contributed by atoms with Gasteiger partial charge in [0.25, 0.3) is 0 Å². The van der Waals surface area contributed by atoms with Crippen molar-refractivity contribution in [3.8, 4) is 0 Å². The molecule has 19 heavy (non-hydrogen) atoms. The fourth-order valence-corrected chi connectivity index (χ4v) is 4.28. The smallest absolute Gasteiger partial charge is 0.0322 e. The van der Waals surface area contributed by atoms with Gasteiger partial charge in [-0.2, -0.15) is 11.8 Å². The topological polar surface area (TPSA) is 12.0 Å². The number of hydrogen-bond acceptors (Lipinski definition) is 2. The second-order valence-electron chi connectivity index (χ2n) is 5.93. The van der Waals surface area contributed by atoms with E-state index in [0.717, 1.165) is 5.92 Å². The van der Waals surface area contributed by atoms with E-state index in [9.17, 15) is 0 Å². The van der Waals surface area contributed by atoms with E-state index in [1.54, 1.807) is 0 Å². The Morgan fingerprint density at radius 3 is 2.37 bits per heavy atom. The van der Waals surface area contributed by atoms with E-state index >= 15 is 0 Å². The molecule has 0 radical (unpaired) electrons. The first-order chi connectivity index (χ1) is 9.11. The van der Waals surface area contributed by atoms with Crippen molar-refractivity contribution in [1.82, 2.24) is 5.32 Å². The van der Waals surface area contributed by atoms with Crippen LogP contribution in [0.3, 0.4) is 0 Å². The van der Waals surface area contributed by atoms with Crippen LogP contribution in [0.4, 0.5) is 0 Å². The second kappa shape index (κ2) is 6.81. The predicted molar refractivity (Wildman–Crippen MR) is 87.1 cm³/mol. The minimum Gasteiger partial charge on any atom is -0.313 e. The van der Waals surface area contributed by atoms with Crippen molar-refractivity contribution in [3.63, 3.8) is 0 Å². The van der Waals surface area contributed by atoms with Crippen LogP contribution in [-0.4, -0.2) is 18.6 Å². The van der Waals surface area contributed by atoms with Crippen LogP contribution in [0, 0.1) is 26.7 Å². The number of benzene rings is 1. The fourth-order valence-electron chi connectivity index (χ4n) is 3.07. The lowest BCUT2D eigenvalue weighted by atomic mass is 9.87. The Hall–Kier alpha value is -0.470. The van der Waals surface area contributed by atoms with E-state index < -0.39 is 0 Å². The molecule has 1 saturated heterocycles. The molecule has 106 valence electrons. The zero-order valence-corrected chi connectivity index (χ0v) is 13.6. The first kappa shape index (κ1) is 14.9. The molecule has 0 spiro atoms. The maximum atomic E-state index is 3.55. The molecule has 1 aromatic rings. The minimum atomic E-state index is 0.521. The highest BCUT2D eigenvalue weighted by molar-refractivity contribution is 7.99. The average molecular weight is 277 g/mol. The van der Waals surface area contributed by atoms with Gasteiger partial charge in [0.05, 0.1) is 0 Å². The summed E-state index contributed by atoms with van der Waals surface area (Å²) in [5.41, 5.74) is 5.77. The Balaban J connectivity index is 2.14. The van der Waals surface area contributed by atoms with Crippen molar-refractivity contribution in [1.29, 1.82) is 0 Å². The molecular formula is C17H27NS. The van der Waals surface area contributed by atoms with Gasteiger partial charge in [0, 0.05) is 6.04 Å².